The van der Waals surface area contributed by atoms with Gasteiger partial charge < -0.3 is 9.84 Å². The highest BCUT2D eigenvalue weighted by Crippen LogP contribution is 2.23. The Morgan fingerprint density at radius 3 is 2.43 bits per heavy atom. The van der Waals surface area contributed by atoms with Gasteiger partial charge in [-0.05, 0) is 24.1 Å². The Balaban J connectivity index is 3.08. The molecule has 0 aliphatic heterocycles. The smallest absolute Gasteiger partial charge is 0.387 e. The van der Waals surface area contributed by atoms with Crippen LogP contribution in [0.5, 0.6) is 5.75 Å². The highest BCUT2D eigenvalue weighted by molar-refractivity contribution is 7.89. The van der Waals surface area contributed by atoms with Gasteiger partial charge in [0.25, 0.3) is 0 Å². The molecule has 0 aliphatic rings. The van der Waals surface area contributed by atoms with Gasteiger partial charge in [0.1, 0.15) is 6.04 Å². The second-order valence-corrected chi connectivity index (χ2v) is 6.51. The van der Waals surface area contributed by atoms with Gasteiger partial charge in [0.05, 0.1) is 4.90 Å². The Morgan fingerprint density at radius 2 is 2.00 bits per heavy atom. The predicted molar refractivity (Wildman–Crippen MR) is 74.2 cm³/mol. The maximum Gasteiger partial charge on any atom is 0.387 e. The Hall–Kier alpha value is -1.81. The van der Waals surface area contributed by atoms with Gasteiger partial charge in [0.2, 0.25) is 10.0 Å². The third kappa shape index (κ3) is 5.10. The molecule has 0 amide bonds. The minimum absolute atomic E-state index is 0.398. The molecule has 2 N–H and O–H groups in total. The van der Waals surface area contributed by atoms with Gasteiger partial charge in [-0.3, -0.25) is 4.79 Å². The normalized spacial score (nSPS) is 14.5. The van der Waals surface area contributed by atoms with Gasteiger partial charge in [0.15, 0.2) is 11.6 Å². The summed E-state index contributed by atoms with van der Waals surface area (Å²) < 4.78 is 67.8. The second kappa shape index (κ2) is 7.64. The molecule has 0 bridgehead atoms. The zero-order chi connectivity index (χ0) is 17.8. The van der Waals surface area contributed by atoms with Crippen LogP contribution in [0.4, 0.5) is 13.2 Å². The minimum atomic E-state index is -4.34. The summed E-state index contributed by atoms with van der Waals surface area (Å²) in [5.74, 6) is -3.99. The van der Waals surface area contributed by atoms with Crippen LogP contribution in [0.25, 0.3) is 0 Å². The molecule has 10 heteroatoms. The quantitative estimate of drug-likeness (QED) is 0.746. The number of aliphatic carboxylic acids is 1. The summed E-state index contributed by atoms with van der Waals surface area (Å²) in [6, 6.07) is 0.661. The molecule has 2 atom stereocenters. The Bertz CT molecular complexity index is 666. The molecular formula is C13H16F3NO5S. The molecule has 1 aromatic carbocycles. The lowest BCUT2D eigenvalue weighted by molar-refractivity contribution is -0.140. The van der Waals surface area contributed by atoms with Crippen LogP contribution in [-0.4, -0.2) is 32.1 Å². The average molecular weight is 355 g/mol. The molecule has 0 aromatic heterocycles. The first-order valence-electron chi connectivity index (χ1n) is 6.58. The fraction of sp³-hybridized carbons (Fsp3) is 0.462. The second-order valence-electron chi connectivity index (χ2n) is 4.79. The van der Waals surface area contributed by atoms with Gasteiger partial charge >= 0.3 is 12.6 Å². The van der Waals surface area contributed by atoms with E-state index in [0.29, 0.717) is 12.5 Å². The molecule has 0 heterocycles. The van der Waals surface area contributed by atoms with Gasteiger partial charge in [-0.1, -0.05) is 20.3 Å². The van der Waals surface area contributed by atoms with Crippen LogP contribution in [0.15, 0.2) is 23.1 Å². The number of nitrogens with one attached hydrogen (secondary N) is 1. The van der Waals surface area contributed by atoms with Crippen molar-refractivity contribution in [1.82, 2.24) is 4.72 Å². The molecule has 130 valence electrons. The maximum absolute atomic E-state index is 13.6. The van der Waals surface area contributed by atoms with Gasteiger partial charge in [-0.2, -0.15) is 13.5 Å². The van der Waals surface area contributed by atoms with E-state index in [0.717, 1.165) is 12.1 Å². The van der Waals surface area contributed by atoms with Crippen LogP contribution in [0, 0.1) is 11.7 Å². The fourth-order valence-electron chi connectivity index (χ4n) is 1.72. The average Bonchev–Trinajstić information content (AvgIpc) is 2.45. The van der Waals surface area contributed by atoms with Crippen molar-refractivity contribution in [1.29, 1.82) is 0 Å². The maximum atomic E-state index is 13.6. The lowest BCUT2D eigenvalue weighted by atomic mass is 10.0. The zero-order valence-electron chi connectivity index (χ0n) is 12.3. The van der Waals surface area contributed by atoms with Crippen molar-refractivity contribution in [2.75, 3.05) is 0 Å². The number of carboxylic acids is 1. The Labute approximate surface area is 131 Å². The number of ether oxygens (including phenoxy) is 1. The molecule has 6 nitrogen and oxygen atoms in total. The highest BCUT2D eigenvalue weighted by atomic mass is 32.2. The van der Waals surface area contributed by atoms with E-state index in [4.69, 9.17) is 5.11 Å². The molecule has 23 heavy (non-hydrogen) atoms. The Kier molecular flexibility index (Phi) is 6.39. The van der Waals surface area contributed by atoms with Crippen molar-refractivity contribution in [3.63, 3.8) is 0 Å². The number of alkyl halides is 2. The summed E-state index contributed by atoms with van der Waals surface area (Å²) in [6.07, 6.45) is 0.398. The van der Waals surface area contributed by atoms with E-state index in [1.807, 2.05) is 4.72 Å². The summed E-state index contributed by atoms with van der Waals surface area (Å²) in [6.45, 7) is -0.0288. The van der Waals surface area contributed by atoms with Crippen molar-refractivity contribution >= 4 is 16.0 Å². The van der Waals surface area contributed by atoms with E-state index < -0.39 is 51.0 Å². The van der Waals surface area contributed by atoms with E-state index in [-0.39, 0.29) is 0 Å². The topological polar surface area (TPSA) is 92.7 Å². The molecular weight excluding hydrogens is 339 g/mol. The number of sulfonamides is 1. The van der Waals surface area contributed by atoms with Crippen molar-refractivity contribution in [2.24, 2.45) is 5.92 Å². The van der Waals surface area contributed by atoms with Gasteiger partial charge in [-0.15, -0.1) is 0 Å². The monoisotopic (exact) mass is 355 g/mol. The van der Waals surface area contributed by atoms with Crippen LogP contribution in [0.2, 0.25) is 0 Å². The molecule has 0 aliphatic carbocycles. The molecule has 0 saturated carbocycles. The van der Waals surface area contributed by atoms with Crippen LogP contribution >= 0.6 is 0 Å². The molecule has 0 saturated heterocycles. The first-order valence-corrected chi connectivity index (χ1v) is 8.06. The third-order valence-electron chi connectivity index (χ3n) is 3.19. The molecule has 1 aromatic rings. The van der Waals surface area contributed by atoms with E-state index in [9.17, 15) is 26.4 Å². The summed E-state index contributed by atoms with van der Waals surface area (Å²) in [4.78, 5) is 10.6. The minimum Gasteiger partial charge on any atom is -0.480 e. The lowest BCUT2D eigenvalue weighted by Gasteiger charge is -2.20. The predicted octanol–water partition coefficient (Wildman–Crippen LogP) is 2.20. The molecule has 0 radical (unpaired) electrons. The molecule has 0 fully saturated rings. The summed E-state index contributed by atoms with van der Waals surface area (Å²) >= 11 is 0. The number of rotatable bonds is 8. The van der Waals surface area contributed by atoms with Crippen molar-refractivity contribution in [2.45, 2.75) is 37.8 Å². The number of carbonyl (C=O) groups is 1. The number of hydrogen-bond donors (Lipinski definition) is 2. The summed E-state index contributed by atoms with van der Waals surface area (Å²) in [5, 5.41) is 9.08. The van der Waals surface area contributed by atoms with E-state index >= 15 is 0 Å². The van der Waals surface area contributed by atoms with Crippen LogP contribution < -0.4 is 9.46 Å². The first kappa shape index (κ1) is 19.2. The first-order chi connectivity index (χ1) is 10.6. The van der Waals surface area contributed by atoms with Gasteiger partial charge in [-0.25, -0.2) is 12.8 Å². The zero-order valence-corrected chi connectivity index (χ0v) is 13.1. The van der Waals surface area contributed by atoms with Crippen LogP contribution in [0.1, 0.15) is 20.3 Å². The molecule has 0 unspecified atom stereocenters. The number of hydrogen-bond acceptors (Lipinski definition) is 4. The number of carboxylic acid groups (broad SMARTS) is 1. The molecule has 1 rings (SSSR count). The Morgan fingerprint density at radius 1 is 1.39 bits per heavy atom. The van der Waals surface area contributed by atoms with Crippen molar-refractivity contribution < 1.29 is 36.2 Å². The van der Waals surface area contributed by atoms with Crippen molar-refractivity contribution in [3.05, 3.63) is 24.0 Å². The standard InChI is InChI=1S/C13H16F3NO5S/c1-3-7(2)11(12(18)19)17-23(20,21)8-4-5-10(9(14)6-8)22-13(15)16/h4-7,11,13,17H,3H2,1-2H3,(H,18,19)/t7-,11-/m0/s1. The largest absolute Gasteiger partial charge is 0.480 e. The summed E-state index contributed by atoms with van der Waals surface area (Å²) in [7, 11) is -4.34. The van der Waals surface area contributed by atoms with Crippen molar-refractivity contribution in [3.8, 4) is 5.75 Å². The van der Waals surface area contributed by atoms with Gasteiger partial charge in [0, 0.05) is 0 Å². The number of benzene rings is 1. The third-order valence-corrected chi connectivity index (χ3v) is 4.63. The molecule has 0 spiro atoms. The summed E-state index contributed by atoms with van der Waals surface area (Å²) in [5.41, 5.74) is 0. The van der Waals surface area contributed by atoms with Crippen LogP contribution in [0.3, 0.4) is 0 Å². The lowest BCUT2D eigenvalue weighted by Crippen LogP contribution is -2.44. The number of halogens is 3. The van der Waals surface area contributed by atoms with Crippen LogP contribution in [-0.2, 0) is 14.8 Å². The van der Waals surface area contributed by atoms with E-state index in [2.05, 4.69) is 4.74 Å². The SMILES string of the molecule is CC[C@H](C)[C@H](NS(=O)(=O)c1ccc(OC(F)F)c(F)c1)C(=O)O. The van der Waals surface area contributed by atoms with E-state index in [1.165, 1.54) is 0 Å². The fourth-order valence-corrected chi connectivity index (χ4v) is 3.03. The highest BCUT2D eigenvalue weighted by Gasteiger charge is 2.30. The van der Waals surface area contributed by atoms with E-state index in [1.54, 1.807) is 13.8 Å².